The van der Waals surface area contributed by atoms with Crippen LogP contribution in [0.5, 0.6) is 0 Å². The number of amides is 1. The molecule has 1 unspecified atom stereocenters. The zero-order valence-corrected chi connectivity index (χ0v) is 14.0. The summed E-state index contributed by atoms with van der Waals surface area (Å²) in [5, 5.41) is 8.96. The van der Waals surface area contributed by atoms with Gasteiger partial charge in [-0.15, -0.1) is 0 Å². The molecule has 0 bridgehead atoms. The Hall–Kier alpha value is -2.90. The normalized spacial score (nSPS) is 19.9. The second-order valence-electron chi connectivity index (χ2n) is 6.37. The van der Waals surface area contributed by atoms with Gasteiger partial charge in [0.2, 0.25) is 5.67 Å². The maximum Gasteiger partial charge on any atom is 0.416 e. The van der Waals surface area contributed by atoms with Crippen molar-refractivity contribution in [1.82, 2.24) is 4.90 Å². The Labute approximate surface area is 152 Å². The van der Waals surface area contributed by atoms with Crippen molar-refractivity contribution < 1.29 is 32.3 Å². The lowest BCUT2D eigenvalue weighted by Crippen LogP contribution is -2.39. The molecule has 1 aliphatic heterocycles. The maximum absolute atomic E-state index is 14.2. The molecule has 0 aliphatic carbocycles. The highest BCUT2D eigenvalue weighted by Crippen LogP contribution is 2.33. The number of likely N-dealkylation sites (tertiary alicyclic amines) is 1. The third-order valence-corrected chi connectivity index (χ3v) is 4.57. The molecule has 2 aromatic carbocycles. The first-order valence-electron chi connectivity index (χ1n) is 8.10. The van der Waals surface area contributed by atoms with E-state index in [4.69, 9.17) is 5.11 Å². The van der Waals surface area contributed by atoms with Gasteiger partial charge in [-0.3, -0.25) is 4.79 Å². The summed E-state index contributed by atoms with van der Waals surface area (Å²) in [7, 11) is 0. The average molecular weight is 381 g/mol. The van der Waals surface area contributed by atoms with Crippen molar-refractivity contribution >= 4 is 11.9 Å². The van der Waals surface area contributed by atoms with E-state index in [0.29, 0.717) is 11.1 Å². The van der Waals surface area contributed by atoms with E-state index in [1.807, 2.05) is 0 Å². The summed E-state index contributed by atoms with van der Waals surface area (Å²) < 4.78 is 52.4. The van der Waals surface area contributed by atoms with Gasteiger partial charge in [0.05, 0.1) is 12.1 Å². The lowest BCUT2D eigenvalue weighted by atomic mass is 9.97. The Morgan fingerprint density at radius 1 is 1.04 bits per heavy atom. The van der Waals surface area contributed by atoms with E-state index in [0.717, 1.165) is 17.0 Å². The van der Waals surface area contributed by atoms with Crippen LogP contribution in [0.1, 0.15) is 22.3 Å². The van der Waals surface area contributed by atoms with E-state index in [2.05, 4.69) is 0 Å². The second-order valence-corrected chi connectivity index (χ2v) is 6.37. The molecule has 0 radical (unpaired) electrons. The highest BCUT2D eigenvalue weighted by atomic mass is 19.4. The molecule has 27 heavy (non-hydrogen) atoms. The fraction of sp³-hybridized carbons (Fsp3) is 0.263. The van der Waals surface area contributed by atoms with Crippen molar-refractivity contribution in [3.05, 3.63) is 59.7 Å². The number of carboxylic acid groups (broad SMARTS) is 1. The van der Waals surface area contributed by atoms with Crippen LogP contribution in [0.3, 0.4) is 0 Å². The molecule has 1 heterocycles. The molecule has 8 heteroatoms. The number of rotatable bonds is 3. The number of halogens is 4. The van der Waals surface area contributed by atoms with Crippen molar-refractivity contribution in [1.29, 1.82) is 0 Å². The summed E-state index contributed by atoms with van der Waals surface area (Å²) in [6.45, 7) is -0.620. The molecule has 1 amide bonds. The van der Waals surface area contributed by atoms with Crippen LogP contribution in [-0.4, -0.2) is 40.6 Å². The fourth-order valence-corrected chi connectivity index (χ4v) is 3.05. The summed E-state index contributed by atoms with van der Waals surface area (Å²) in [6.07, 6.45) is -4.78. The van der Waals surface area contributed by atoms with E-state index in [1.165, 1.54) is 18.2 Å². The number of nitrogens with zero attached hydrogens (tertiary/aromatic N) is 1. The van der Waals surface area contributed by atoms with Crippen LogP contribution in [-0.2, 0) is 11.0 Å². The summed E-state index contributed by atoms with van der Waals surface area (Å²) in [4.78, 5) is 24.9. The van der Waals surface area contributed by atoms with Crippen molar-refractivity contribution in [3.63, 3.8) is 0 Å². The smallest absolute Gasteiger partial charge is 0.416 e. The predicted molar refractivity (Wildman–Crippen MR) is 88.9 cm³/mol. The van der Waals surface area contributed by atoms with Gasteiger partial charge in [-0.25, -0.2) is 9.18 Å². The molecular weight excluding hydrogens is 366 g/mol. The minimum absolute atomic E-state index is 0.0526. The van der Waals surface area contributed by atoms with Crippen LogP contribution in [0.4, 0.5) is 17.6 Å². The third kappa shape index (κ3) is 3.65. The van der Waals surface area contributed by atoms with Crippen LogP contribution >= 0.6 is 0 Å². The molecule has 2 aromatic rings. The molecule has 1 aliphatic rings. The zero-order valence-electron chi connectivity index (χ0n) is 14.0. The fourth-order valence-electron chi connectivity index (χ4n) is 3.05. The van der Waals surface area contributed by atoms with E-state index >= 15 is 0 Å². The summed E-state index contributed by atoms with van der Waals surface area (Å²) in [6, 6.07) is 10.6. The van der Waals surface area contributed by atoms with Gasteiger partial charge in [-0.05, 0) is 29.3 Å². The number of hydrogen-bond donors (Lipinski definition) is 1. The van der Waals surface area contributed by atoms with Gasteiger partial charge in [0, 0.05) is 18.5 Å². The molecule has 0 saturated carbocycles. The van der Waals surface area contributed by atoms with E-state index in [1.54, 1.807) is 18.2 Å². The predicted octanol–water partition coefficient (Wildman–Crippen LogP) is 4.01. The average Bonchev–Trinajstić information content (AvgIpc) is 3.04. The lowest BCUT2D eigenvalue weighted by Gasteiger charge is -2.19. The van der Waals surface area contributed by atoms with Crippen molar-refractivity contribution in [3.8, 4) is 11.1 Å². The Balaban J connectivity index is 1.91. The Morgan fingerprint density at radius 2 is 1.67 bits per heavy atom. The molecular formula is C19H15F4NO3. The van der Waals surface area contributed by atoms with E-state index in [-0.39, 0.29) is 18.5 Å². The largest absolute Gasteiger partial charge is 0.479 e. The first kappa shape index (κ1) is 18.9. The van der Waals surface area contributed by atoms with Gasteiger partial charge >= 0.3 is 12.1 Å². The number of benzene rings is 2. The summed E-state index contributed by atoms with van der Waals surface area (Å²) >= 11 is 0. The molecule has 142 valence electrons. The highest BCUT2D eigenvalue weighted by molar-refractivity contribution is 6.01. The van der Waals surface area contributed by atoms with Crippen molar-refractivity contribution in [2.75, 3.05) is 13.1 Å². The standard InChI is InChI=1S/C19H15F4NO3/c20-18(17(26)27)9-10-24(11-18)16(25)15-4-2-1-3-14(15)12-5-7-13(8-6-12)19(21,22)23/h1-8H,9-11H2,(H,26,27). The van der Waals surface area contributed by atoms with Crippen LogP contribution in [0.15, 0.2) is 48.5 Å². The summed E-state index contributed by atoms with van der Waals surface area (Å²) in [5.41, 5.74) is -2.33. The number of aliphatic carboxylic acids is 1. The first-order chi connectivity index (χ1) is 12.6. The SMILES string of the molecule is O=C(c1ccccc1-c1ccc(C(F)(F)F)cc1)N1CCC(F)(C(=O)O)C1. The summed E-state index contributed by atoms with van der Waals surface area (Å²) in [5.74, 6) is -2.18. The maximum atomic E-state index is 14.2. The molecule has 1 fully saturated rings. The molecule has 1 N–H and O–H groups in total. The van der Waals surface area contributed by atoms with Gasteiger partial charge in [0.15, 0.2) is 0 Å². The van der Waals surface area contributed by atoms with Crippen LogP contribution in [0.25, 0.3) is 11.1 Å². The van der Waals surface area contributed by atoms with Crippen molar-refractivity contribution in [2.24, 2.45) is 0 Å². The number of alkyl halides is 4. The van der Waals surface area contributed by atoms with Crippen LogP contribution < -0.4 is 0 Å². The van der Waals surface area contributed by atoms with E-state index in [9.17, 15) is 27.2 Å². The number of carboxylic acids is 1. The molecule has 0 aromatic heterocycles. The Morgan fingerprint density at radius 3 is 2.22 bits per heavy atom. The zero-order chi connectivity index (χ0) is 19.8. The molecule has 1 atom stereocenters. The number of hydrogen-bond acceptors (Lipinski definition) is 2. The number of carbonyl (C=O) groups is 2. The molecule has 1 saturated heterocycles. The van der Waals surface area contributed by atoms with Gasteiger partial charge < -0.3 is 10.0 Å². The minimum Gasteiger partial charge on any atom is -0.479 e. The van der Waals surface area contributed by atoms with Crippen molar-refractivity contribution in [2.45, 2.75) is 18.3 Å². The Bertz CT molecular complexity index is 879. The Kier molecular flexibility index (Phi) is 4.67. The number of carbonyl (C=O) groups excluding carboxylic acids is 1. The second kappa shape index (κ2) is 6.68. The third-order valence-electron chi connectivity index (χ3n) is 4.57. The molecule has 4 nitrogen and oxygen atoms in total. The van der Waals surface area contributed by atoms with Crippen LogP contribution in [0.2, 0.25) is 0 Å². The van der Waals surface area contributed by atoms with Crippen LogP contribution in [0, 0.1) is 0 Å². The lowest BCUT2D eigenvalue weighted by molar-refractivity contribution is -0.149. The van der Waals surface area contributed by atoms with Gasteiger partial charge in [-0.1, -0.05) is 30.3 Å². The highest BCUT2D eigenvalue weighted by Gasteiger charge is 2.47. The monoisotopic (exact) mass is 381 g/mol. The van der Waals surface area contributed by atoms with E-state index < -0.39 is 35.8 Å². The first-order valence-corrected chi connectivity index (χ1v) is 8.10. The topological polar surface area (TPSA) is 57.6 Å². The molecule has 3 rings (SSSR count). The minimum atomic E-state index is -4.47. The van der Waals surface area contributed by atoms with Gasteiger partial charge in [-0.2, -0.15) is 13.2 Å². The van der Waals surface area contributed by atoms with Gasteiger partial charge in [0.1, 0.15) is 0 Å². The van der Waals surface area contributed by atoms with Gasteiger partial charge in [0.25, 0.3) is 5.91 Å². The molecule has 0 spiro atoms. The quantitative estimate of drug-likeness (QED) is 0.818.